The molecule has 1 saturated heterocycles. The summed E-state index contributed by atoms with van der Waals surface area (Å²) in [7, 11) is 0. The molecule has 1 aromatic heterocycles. The fraction of sp³-hybridized carbons (Fsp3) is 0.667. The van der Waals surface area contributed by atoms with E-state index in [1.165, 1.54) is 4.57 Å². The Kier molecular flexibility index (Phi) is 4.39. The van der Waals surface area contributed by atoms with E-state index >= 15 is 0 Å². The highest BCUT2D eigenvalue weighted by atomic mass is 16.6. The molecule has 0 amide bonds. The molecular weight excluding hydrogens is 266 g/mol. The summed E-state index contributed by atoms with van der Waals surface area (Å²) in [5.74, 6) is 0.0986. The van der Waals surface area contributed by atoms with Crippen LogP contribution in [0.25, 0.3) is 0 Å². The van der Waals surface area contributed by atoms with Crippen LogP contribution in [0.5, 0.6) is 0 Å². The molecule has 2 rings (SSSR count). The maximum absolute atomic E-state index is 12.0. The molecule has 0 bridgehead atoms. The van der Waals surface area contributed by atoms with Crippen LogP contribution < -0.4 is 11.4 Å². The molecule has 1 fully saturated rings. The Bertz CT molecular complexity index is 532. The predicted molar refractivity (Wildman–Crippen MR) is 69.9 cm³/mol. The number of nitrogen functional groups attached to an aromatic ring is 1. The zero-order valence-electron chi connectivity index (χ0n) is 11.1. The Hall–Kier alpha value is -1.48. The lowest BCUT2D eigenvalue weighted by atomic mass is 10.1. The van der Waals surface area contributed by atoms with Crippen molar-refractivity contribution in [2.75, 3.05) is 12.3 Å². The summed E-state index contributed by atoms with van der Waals surface area (Å²) >= 11 is 0. The Labute approximate surface area is 115 Å². The third-order valence-electron chi connectivity index (χ3n) is 3.33. The Balaban J connectivity index is 2.44. The van der Waals surface area contributed by atoms with Gasteiger partial charge in [0.05, 0.1) is 6.61 Å². The molecule has 5 N–H and O–H groups in total. The molecule has 1 aliphatic rings. The molecule has 0 aromatic carbocycles. The van der Waals surface area contributed by atoms with Crippen LogP contribution in [-0.4, -0.2) is 49.8 Å². The molecule has 0 radical (unpaired) electrons. The molecule has 0 spiro atoms. The highest BCUT2D eigenvalue weighted by molar-refractivity contribution is 5.29. The summed E-state index contributed by atoms with van der Waals surface area (Å²) in [4.78, 5) is 15.6. The minimum atomic E-state index is -1.31. The summed E-state index contributed by atoms with van der Waals surface area (Å²) in [6, 6.07) is 1.54. The molecule has 1 aromatic rings. The van der Waals surface area contributed by atoms with Crippen LogP contribution >= 0.6 is 0 Å². The van der Waals surface area contributed by atoms with Gasteiger partial charge in [0.15, 0.2) is 6.23 Å². The Morgan fingerprint density at radius 3 is 2.70 bits per heavy atom. The van der Waals surface area contributed by atoms with Crippen molar-refractivity contribution in [2.24, 2.45) is 0 Å². The zero-order valence-corrected chi connectivity index (χ0v) is 11.1. The number of nitrogens with zero attached hydrogens (tertiary/aromatic N) is 2. The van der Waals surface area contributed by atoms with Crippen molar-refractivity contribution < 1.29 is 20.1 Å². The number of aryl methyl sites for hydroxylation is 1. The van der Waals surface area contributed by atoms with E-state index < -0.39 is 36.8 Å². The number of anilines is 1. The molecule has 20 heavy (non-hydrogen) atoms. The van der Waals surface area contributed by atoms with E-state index in [1.807, 2.05) is 6.92 Å². The standard InChI is InChI=1S/C12H19N3O5/c1-2-3-6-4-8(13)14-12(19)15(6)11-10(18)9(17)7(5-16)20-11/h4,7,9-11,16-18H,2-3,5H2,1H3,(H2,13,14,19)/t7-,9?,10-,11-/m1/s1. The van der Waals surface area contributed by atoms with Crippen LogP contribution in [0.4, 0.5) is 5.82 Å². The van der Waals surface area contributed by atoms with Crippen molar-refractivity contribution >= 4 is 5.82 Å². The van der Waals surface area contributed by atoms with E-state index in [0.717, 1.165) is 6.42 Å². The normalized spacial score (nSPS) is 29.8. The lowest BCUT2D eigenvalue weighted by molar-refractivity contribution is -0.0562. The monoisotopic (exact) mass is 285 g/mol. The van der Waals surface area contributed by atoms with E-state index in [1.54, 1.807) is 6.07 Å². The van der Waals surface area contributed by atoms with Gasteiger partial charge in [0.25, 0.3) is 0 Å². The van der Waals surface area contributed by atoms with E-state index in [-0.39, 0.29) is 5.82 Å². The number of aliphatic hydroxyl groups excluding tert-OH is 3. The van der Waals surface area contributed by atoms with E-state index in [4.69, 9.17) is 15.6 Å². The van der Waals surface area contributed by atoms with Crippen LogP contribution in [-0.2, 0) is 11.2 Å². The molecule has 8 nitrogen and oxygen atoms in total. The summed E-state index contributed by atoms with van der Waals surface area (Å²) < 4.78 is 6.54. The van der Waals surface area contributed by atoms with Crippen molar-refractivity contribution in [3.8, 4) is 0 Å². The smallest absolute Gasteiger partial charge is 0.351 e. The average molecular weight is 285 g/mol. The topological polar surface area (TPSA) is 131 Å². The minimum absolute atomic E-state index is 0.0986. The van der Waals surface area contributed by atoms with Gasteiger partial charge in [-0.25, -0.2) is 4.79 Å². The van der Waals surface area contributed by atoms with Gasteiger partial charge < -0.3 is 25.8 Å². The van der Waals surface area contributed by atoms with Crippen LogP contribution in [0.2, 0.25) is 0 Å². The van der Waals surface area contributed by atoms with Gasteiger partial charge in [-0.05, 0) is 6.42 Å². The second-order valence-electron chi connectivity index (χ2n) is 4.80. The predicted octanol–water partition coefficient (Wildman–Crippen LogP) is -1.61. The second-order valence-corrected chi connectivity index (χ2v) is 4.80. The minimum Gasteiger partial charge on any atom is -0.394 e. The third-order valence-corrected chi connectivity index (χ3v) is 3.33. The Morgan fingerprint density at radius 2 is 2.15 bits per heavy atom. The summed E-state index contributed by atoms with van der Waals surface area (Å²) in [5, 5.41) is 28.8. The van der Waals surface area contributed by atoms with Gasteiger partial charge in [-0.1, -0.05) is 13.3 Å². The molecule has 8 heteroatoms. The Morgan fingerprint density at radius 1 is 1.45 bits per heavy atom. The highest BCUT2D eigenvalue weighted by Crippen LogP contribution is 2.29. The van der Waals surface area contributed by atoms with Crippen LogP contribution in [0, 0.1) is 0 Å². The maximum atomic E-state index is 12.0. The van der Waals surface area contributed by atoms with Gasteiger partial charge in [0, 0.05) is 11.8 Å². The first-order valence-electron chi connectivity index (χ1n) is 6.50. The molecule has 2 heterocycles. The van der Waals surface area contributed by atoms with E-state index in [9.17, 15) is 15.0 Å². The van der Waals surface area contributed by atoms with Gasteiger partial charge in [-0.2, -0.15) is 4.98 Å². The number of ether oxygens (including phenoxy) is 1. The number of hydrogen-bond donors (Lipinski definition) is 4. The highest BCUT2D eigenvalue weighted by Gasteiger charge is 2.44. The number of aromatic nitrogens is 2. The molecule has 0 aliphatic carbocycles. The molecular formula is C12H19N3O5. The van der Waals surface area contributed by atoms with Gasteiger partial charge in [-0.15, -0.1) is 0 Å². The molecule has 1 unspecified atom stereocenters. The van der Waals surface area contributed by atoms with Crippen molar-refractivity contribution in [1.82, 2.24) is 9.55 Å². The quantitative estimate of drug-likeness (QED) is 0.523. The van der Waals surface area contributed by atoms with Crippen molar-refractivity contribution in [3.63, 3.8) is 0 Å². The first kappa shape index (κ1) is 14.9. The van der Waals surface area contributed by atoms with Gasteiger partial charge in [-0.3, -0.25) is 4.57 Å². The number of aliphatic hydroxyl groups is 3. The number of nitrogens with two attached hydrogens (primary N) is 1. The summed E-state index contributed by atoms with van der Waals surface area (Å²) in [6.07, 6.45) is -3.28. The zero-order chi connectivity index (χ0) is 14.9. The largest absolute Gasteiger partial charge is 0.394 e. The van der Waals surface area contributed by atoms with Gasteiger partial charge >= 0.3 is 5.69 Å². The first-order chi connectivity index (χ1) is 9.49. The SMILES string of the molecule is CCCc1cc(N)nc(=O)n1[C@@H]1O[C@H](CO)C(O)[C@H]1O. The molecule has 0 saturated carbocycles. The summed E-state index contributed by atoms with van der Waals surface area (Å²) in [5.41, 5.74) is 5.48. The van der Waals surface area contributed by atoms with Crippen molar-refractivity contribution in [2.45, 2.75) is 44.3 Å². The van der Waals surface area contributed by atoms with E-state index in [2.05, 4.69) is 4.98 Å². The van der Waals surface area contributed by atoms with Crippen molar-refractivity contribution in [3.05, 3.63) is 22.2 Å². The number of hydrogen-bond acceptors (Lipinski definition) is 7. The maximum Gasteiger partial charge on any atom is 0.351 e. The third kappa shape index (κ3) is 2.55. The van der Waals surface area contributed by atoms with Gasteiger partial charge in [0.2, 0.25) is 0 Å². The molecule has 1 aliphatic heterocycles. The lowest BCUT2D eigenvalue weighted by Crippen LogP contribution is -2.37. The fourth-order valence-corrected chi connectivity index (χ4v) is 2.37. The first-order valence-corrected chi connectivity index (χ1v) is 6.50. The van der Waals surface area contributed by atoms with Crippen LogP contribution in [0.1, 0.15) is 25.3 Å². The van der Waals surface area contributed by atoms with Crippen molar-refractivity contribution in [1.29, 1.82) is 0 Å². The fourth-order valence-electron chi connectivity index (χ4n) is 2.37. The second kappa shape index (κ2) is 5.88. The van der Waals surface area contributed by atoms with Crippen LogP contribution in [0.15, 0.2) is 10.9 Å². The molecule has 112 valence electrons. The lowest BCUT2D eigenvalue weighted by Gasteiger charge is -2.21. The molecule has 4 atom stereocenters. The van der Waals surface area contributed by atoms with E-state index in [0.29, 0.717) is 12.1 Å². The summed E-state index contributed by atoms with van der Waals surface area (Å²) in [6.45, 7) is 1.48. The van der Waals surface area contributed by atoms with Crippen LogP contribution in [0.3, 0.4) is 0 Å². The number of rotatable bonds is 4. The van der Waals surface area contributed by atoms with Gasteiger partial charge in [0.1, 0.15) is 24.1 Å². The average Bonchev–Trinajstić information content (AvgIpc) is 2.66.